The molecule has 22 heavy (non-hydrogen) atoms. The van der Waals surface area contributed by atoms with Gasteiger partial charge in [-0.3, -0.25) is 4.79 Å². The summed E-state index contributed by atoms with van der Waals surface area (Å²) in [6, 6.07) is 0. The summed E-state index contributed by atoms with van der Waals surface area (Å²) in [7, 11) is 0. The second kappa shape index (κ2) is 5.20. The van der Waals surface area contributed by atoms with Crippen LogP contribution in [0.1, 0.15) is 45.9 Å². The number of nitrogens with one attached hydrogen (secondary N) is 1. The van der Waals surface area contributed by atoms with Crippen molar-refractivity contribution >= 4 is 5.91 Å². The van der Waals surface area contributed by atoms with E-state index < -0.39 is 0 Å². The van der Waals surface area contributed by atoms with Crippen LogP contribution in [0.5, 0.6) is 0 Å². The van der Waals surface area contributed by atoms with Crippen molar-refractivity contribution in [3.63, 3.8) is 0 Å². The zero-order valence-corrected chi connectivity index (χ0v) is 12.3. The number of aromatic amines is 1. The number of hydrogen-bond acceptors (Lipinski definition) is 6. The average molecular weight is 303 g/mol. The number of oxazole rings is 1. The van der Waals surface area contributed by atoms with Gasteiger partial charge in [-0.15, -0.1) is 0 Å². The Hall–Kier alpha value is -2.22. The number of hydrogen-bond donors (Lipinski definition) is 1. The Balaban J connectivity index is 1.54. The molecule has 4 rings (SSSR count). The summed E-state index contributed by atoms with van der Waals surface area (Å²) in [6.07, 6.45) is 1.62. The van der Waals surface area contributed by atoms with Crippen LogP contribution in [-0.4, -0.2) is 51.0 Å². The fourth-order valence-electron chi connectivity index (χ4n) is 2.93. The molecule has 0 bridgehead atoms. The molecule has 4 heterocycles. The molecule has 1 amide bonds. The van der Waals surface area contributed by atoms with Crippen molar-refractivity contribution in [1.82, 2.24) is 25.3 Å². The molecule has 116 valence electrons. The van der Waals surface area contributed by atoms with Gasteiger partial charge in [0.1, 0.15) is 11.5 Å². The van der Waals surface area contributed by atoms with Crippen LogP contribution in [0.4, 0.5) is 0 Å². The van der Waals surface area contributed by atoms with Gasteiger partial charge in [0.2, 0.25) is 0 Å². The lowest BCUT2D eigenvalue weighted by molar-refractivity contribution is 0.0721. The van der Waals surface area contributed by atoms with Crippen molar-refractivity contribution in [3.8, 4) is 0 Å². The third-order valence-corrected chi connectivity index (χ3v) is 4.24. The fourth-order valence-corrected chi connectivity index (χ4v) is 2.93. The summed E-state index contributed by atoms with van der Waals surface area (Å²) in [5.41, 5.74) is 1.83. The molecular formula is C14H17N5O3. The molecule has 2 aliphatic rings. The van der Waals surface area contributed by atoms with Crippen LogP contribution >= 0.6 is 0 Å². The van der Waals surface area contributed by atoms with Crippen molar-refractivity contribution in [2.75, 3.05) is 19.8 Å². The maximum atomic E-state index is 12.5. The number of ether oxygens (including phenoxy) is 1. The molecule has 0 saturated carbocycles. The summed E-state index contributed by atoms with van der Waals surface area (Å²) in [5, 5.41) is 10.3. The molecule has 2 aromatic rings. The lowest BCUT2D eigenvalue weighted by Gasteiger charge is -2.24. The van der Waals surface area contributed by atoms with Gasteiger partial charge in [-0.25, -0.2) is 4.98 Å². The second-order valence-electron chi connectivity index (χ2n) is 5.72. The predicted molar refractivity (Wildman–Crippen MR) is 74.2 cm³/mol. The Kier molecular flexibility index (Phi) is 3.18. The summed E-state index contributed by atoms with van der Waals surface area (Å²) in [4.78, 5) is 18.8. The van der Waals surface area contributed by atoms with Gasteiger partial charge < -0.3 is 14.1 Å². The van der Waals surface area contributed by atoms with E-state index in [1.807, 2.05) is 0 Å². The Morgan fingerprint density at radius 2 is 2.32 bits per heavy atom. The first-order chi connectivity index (χ1) is 10.7. The standard InChI is InChI=1S/C14H17N5O3/c1-8-12(17-18-16-8)14(20)19-4-2-11-10(6-19)15-13(22-11)9-3-5-21-7-9/h9H,2-7H2,1H3,(H,16,17,18). The number of carbonyl (C=O) groups excluding carboxylic acids is 1. The van der Waals surface area contributed by atoms with Crippen molar-refractivity contribution in [2.24, 2.45) is 0 Å². The molecule has 2 aliphatic heterocycles. The molecule has 8 nitrogen and oxygen atoms in total. The maximum Gasteiger partial charge on any atom is 0.276 e. The Labute approximate surface area is 126 Å². The third kappa shape index (κ3) is 2.19. The minimum absolute atomic E-state index is 0.120. The zero-order valence-electron chi connectivity index (χ0n) is 12.3. The van der Waals surface area contributed by atoms with Gasteiger partial charge >= 0.3 is 0 Å². The van der Waals surface area contributed by atoms with Crippen LogP contribution in [0, 0.1) is 6.92 Å². The van der Waals surface area contributed by atoms with Crippen LogP contribution < -0.4 is 0 Å². The molecule has 1 saturated heterocycles. The number of H-pyrrole nitrogens is 1. The minimum atomic E-state index is -0.120. The third-order valence-electron chi connectivity index (χ3n) is 4.24. The Morgan fingerprint density at radius 3 is 3.05 bits per heavy atom. The molecule has 1 unspecified atom stereocenters. The Bertz CT molecular complexity index is 701. The zero-order chi connectivity index (χ0) is 15.1. The molecule has 1 N–H and O–H groups in total. The van der Waals surface area contributed by atoms with Crippen LogP contribution in [0.2, 0.25) is 0 Å². The van der Waals surface area contributed by atoms with Crippen LogP contribution in [0.3, 0.4) is 0 Å². The van der Waals surface area contributed by atoms with E-state index in [9.17, 15) is 4.79 Å². The number of fused-ring (bicyclic) bond motifs is 1. The number of amides is 1. The molecule has 0 aliphatic carbocycles. The fraction of sp³-hybridized carbons (Fsp3) is 0.571. The predicted octanol–water partition coefficient (Wildman–Crippen LogP) is 0.804. The highest BCUT2D eigenvalue weighted by Crippen LogP contribution is 2.29. The molecular weight excluding hydrogens is 286 g/mol. The molecule has 8 heteroatoms. The molecule has 2 aromatic heterocycles. The first-order valence-electron chi connectivity index (χ1n) is 7.45. The number of rotatable bonds is 2. The topological polar surface area (TPSA) is 97.1 Å². The number of nitrogens with zero attached hydrogens (tertiary/aromatic N) is 4. The van der Waals surface area contributed by atoms with Gasteiger partial charge in [0, 0.05) is 19.6 Å². The van der Waals surface area contributed by atoms with Crippen LogP contribution in [0.15, 0.2) is 4.42 Å². The van der Waals surface area contributed by atoms with Crippen molar-refractivity contribution < 1.29 is 13.9 Å². The van der Waals surface area contributed by atoms with Gasteiger partial charge in [0.05, 0.1) is 24.8 Å². The highest BCUT2D eigenvalue weighted by molar-refractivity contribution is 5.93. The van der Waals surface area contributed by atoms with E-state index in [2.05, 4.69) is 20.4 Å². The summed E-state index contributed by atoms with van der Waals surface area (Å²) in [6.45, 7) is 4.25. The molecule has 1 atom stereocenters. The SMILES string of the molecule is Cc1n[nH]nc1C(=O)N1CCc2oc(C3CCOC3)nc2C1. The highest BCUT2D eigenvalue weighted by Gasteiger charge is 2.30. The van der Waals surface area contributed by atoms with Crippen molar-refractivity contribution in [1.29, 1.82) is 0 Å². The van der Waals surface area contributed by atoms with E-state index in [1.165, 1.54) is 0 Å². The normalized spacial score (nSPS) is 21.1. The molecule has 0 spiro atoms. The highest BCUT2D eigenvalue weighted by atomic mass is 16.5. The summed E-state index contributed by atoms with van der Waals surface area (Å²) in [5.74, 6) is 1.76. The Morgan fingerprint density at radius 1 is 1.41 bits per heavy atom. The first-order valence-corrected chi connectivity index (χ1v) is 7.45. The van der Waals surface area contributed by atoms with Crippen LogP contribution in [-0.2, 0) is 17.7 Å². The largest absolute Gasteiger partial charge is 0.445 e. The van der Waals surface area contributed by atoms with E-state index in [0.717, 1.165) is 30.4 Å². The minimum Gasteiger partial charge on any atom is -0.445 e. The average Bonchev–Trinajstić information content (AvgIpc) is 3.25. The van der Waals surface area contributed by atoms with Gasteiger partial charge in [-0.2, -0.15) is 15.4 Å². The molecule has 0 radical (unpaired) electrons. The lowest BCUT2D eigenvalue weighted by Crippen LogP contribution is -2.36. The van der Waals surface area contributed by atoms with E-state index in [4.69, 9.17) is 9.15 Å². The van der Waals surface area contributed by atoms with Crippen molar-refractivity contribution in [3.05, 3.63) is 28.7 Å². The number of carbonyl (C=O) groups is 1. The van der Waals surface area contributed by atoms with Gasteiger partial charge in [-0.05, 0) is 13.3 Å². The number of aromatic nitrogens is 4. The molecule has 0 aromatic carbocycles. The second-order valence-corrected chi connectivity index (χ2v) is 5.72. The van der Waals surface area contributed by atoms with Crippen molar-refractivity contribution in [2.45, 2.75) is 32.2 Å². The summed E-state index contributed by atoms with van der Waals surface area (Å²) < 4.78 is 11.3. The van der Waals surface area contributed by atoms with E-state index >= 15 is 0 Å². The van der Waals surface area contributed by atoms with Crippen LogP contribution in [0.25, 0.3) is 0 Å². The lowest BCUT2D eigenvalue weighted by atomic mass is 10.1. The van der Waals surface area contributed by atoms with E-state index in [0.29, 0.717) is 37.5 Å². The van der Waals surface area contributed by atoms with Gasteiger partial charge in [-0.1, -0.05) is 0 Å². The smallest absolute Gasteiger partial charge is 0.276 e. The quantitative estimate of drug-likeness (QED) is 0.881. The number of aryl methyl sites for hydroxylation is 1. The van der Waals surface area contributed by atoms with Gasteiger partial charge in [0.15, 0.2) is 11.6 Å². The van der Waals surface area contributed by atoms with E-state index in [1.54, 1.807) is 11.8 Å². The first kappa shape index (κ1) is 13.4. The monoisotopic (exact) mass is 303 g/mol. The maximum absolute atomic E-state index is 12.5. The van der Waals surface area contributed by atoms with Gasteiger partial charge in [0.25, 0.3) is 5.91 Å². The molecule has 1 fully saturated rings. The van der Waals surface area contributed by atoms with E-state index in [-0.39, 0.29) is 11.8 Å². The summed E-state index contributed by atoms with van der Waals surface area (Å²) >= 11 is 0.